The fraction of sp³-hybridized carbons (Fsp3) is 0. The minimum absolute atomic E-state index is 0.606. The summed E-state index contributed by atoms with van der Waals surface area (Å²) in [5.41, 5.74) is 8.20. The Hall–Kier alpha value is -7.99. The first-order valence-corrected chi connectivity index (χ1v) is 23.0. The van der Waals surface area contributed by atoms with E-state index in [1.54, 1.807) is 0 Å². The molecule has 0 atom stereocenters. The maximum absolute atomic E-state index is 5.31. The van der Waals surface area contributed by atoms with Gasteiger partial charge in [-0.25, -0.2) is 15.0 Å². The maximum Gasteiger partial charge on any atom is 0.179 e. The Morgan fingerprint density at radius 1 is 0.290 bits per heavy atom. The molecule has 62 heavy (non-hydrogen) atoms. The van der Waals surface area contributed by atoms with Gasteiger partial charge >= 0.3 is 0 Å². The van der Waals surface area contributed by atoms with Crippen LogP contribution < -0.4 is 20.7 Å². The molecule has 0 saturated heterocycles. The first kappa shape index (κ1) is 37.0. The highest BCUT2D eigenvalue weighted by atomic mass is 28.3. The average molecular weight is 809 g/mol. The molecule has 2 aromatic heterocycles. The zero-order chi connectivity index (χ0) is 41.3. The van der Waals surface area contributed by atoms with E-state index >= 15 is 0 Å². The smallest absolute Gasteiger partial charge is 0.179 e. The normalized spacial score (nSPS) is 11.5. The summed E-state index contributed by atoms with van der Waals surface area (Å²) in [5.74, 6) is 1.85. The quantitative estimate of drug-likeness (QED) is 0.108. The highest BCUT2D eigenvalue weighted by Gasteiger charge is 2.41. The van der Waals surface area contributed by atoms with Crippen molar-refractivity contribution in [3.8, 4) is 51.0 Å². The van der Waals surface area contributed by atoms with Crippen molar-refractivity contribution in [1.82, 2.24) is 19.5 Å². The zero-order valence-corrected chi connectivity index (χ0v) is 34.9. The number of nitrogens with zero attached hydrogens (tertiary/aromatic N) is 4. The standard InChI is InChI=1S/C57H40N4Si/c1-6-21-41(22-7-1)55-58-56(42-23-8-2-9-24-42)60-57(59-55)51-40-44(37-38-54(51)61-52-35-18-16-33-49(52)50-34-17-19-36-53(50)61)43-25-20-32-48(39-43)62(45-26-10-3-11-27-45,46-28-12-4-13-29-46)47-30-14-5-15-31-47/h1-40H. The second kappa shape index (κ2) is 15.9. The first-order valence-electron chi connectivity index (χ1n) is 21.0. The molecule has 0 aliphatic rings. The second-order valence-electron chi connectivity index (χ2n) is 15.6. The van der Waals surface area contributed by atoms with Crippen molar-refractivity contribution in [1.29, 1.82) is 0 Å². The van der Waals surface area contributed by atoms with E-state index in [1.807, 2.05) is 36.4 Å². The number of benzene rings is 9. The number of hydrogen-bond donors (Lipinski definition) is 0. The van der Waals surface area contributed by atoms with Crippen molar-refractivity contribution in [3.05, 3.63) is 243 Å². The summed E-state index contributed by atoms with van der Waals surface area (Å²) < 4.78 is 2.37. The molecule has 5 heteroatoms. The molecule has 2 heterocycles. The van der Waals surface area contributed by atoms with Crippen LogP contribution in [0.3, 0.4) is 0 Å². The molecule has 0 unspecified atom stereocenters. The number of hydrogen-bond acceptors (Lipinski definition) is 3. The van der Waals surface area contributed by atoms with Crippen molar-refractivity contribution in [2.45, 2.75) is 0 Å². The summed E-state index contributed by atoms with van der Waals surface area (Å²) in [6.07, 6.45) is 0. The van der Waals surface area contributed by atoms with E-state index < -0.39 is 8.07 Å². The lowest BCUT2D eigenvalue weighted by Gasteiger charge is -2.34. The summed E-state index contributed by atoms with van der Waals surface area (Å²) in [4.78, 5) is 15.7. The number of fused-ring (bicyclic) bond motifs is 3. The summed E-state index contributed by atoms with van der Waals surface area (Å²) >= 11 is 0. The van der Waals surface area contributed by atoms with Gasteiger partial charge in [0.1, 0.15) is 0 Å². The van der Waals surface area contributed by atoms with Crippen LogP contribution in [0.1, 0.15) is 0 Å². The molecule has 0 aliphatic carbocycles. The summed E-state index contributed by atoms with van der Waals surface area (Å²) in [7, 11) is -2.78. The van der Waals surface area contributed by atoms with Gasteiger partial charge in [0.2, 0.25) is 0 Å². The third-order valence-electron chi connectivity index (χ3n) is 12.0. The topological polar surface area (TPSA) is 43.6 Å². The van der Waals surface area contributed by atoms with Crippen LogP contribution in [0.2, 0.25) is 0 Å². The molecule has 11 aromatic rings. The van der Waals surface area contributed by atoms with E-state index in [-0.39, 0.29) is 0 Å². The summed E-state index contributed by atoms with van der Waals surface area (Å²) in [5, 5.41) is 7.71. The fourth-order valence-electron chi connectivity index (χ4n) is 9.20. The number of aromatic nitrogens is 4. The molecule has 11 rings (SSSR count). The molecule has 0 saturated carbocycles. The average Bonchev–Trinajstić information content (AvgIpc) is 3.70. The predicted molar refractivity (Wildman–Crippen MR) is 260 cm³/mol. The van der Waals surface area contributed by atoms with E-state index in [2.05, 4.69) is 211 Å². The van der Waals surface area contributed by atoms with Gasteiger partial charge in [0.05, 0.1) is 16.7 Å². The minimum Gasteiger partial charge on any atom is -0.309 e. The van der Waals surface area contributed by atoms with E-state index in [0.29, 0.717) is 17.5 Å². The van der Waals surface area contributed by atoms with Gasteiger partial charge in [0.25, 0.3) is 0 Å². The van der Waals surface area contributed by atoms with Crippen LogP contribution in [0, 0.1) is 0 Å². The molecule has 0 N–H and O–H groups in total. The van der Waals surface area contributed by atoms with Crippen molar-refractivity contribution < 1.29 is 0 Å². The van der Waals surface area contributed by atoms with E-state index in [1.165, 1.54) is 31.5 Å². The molecule has 292 valence electrons. The Morgan fingerprint density at radius 2 is 0.677 bits per heavy atom. The van der Waals surface area contributed by atoms with E-state index in [9.17, 15) is 0 Å². The lowest BCUT2D eigenvalue weighted by atomic mass is 10.0. The van der Waals surface area contributed by atoms with Crippen LogP contribution in [0.15, 0.2) is 243 Å². The molecular formula is C57H40N4Si. The predicted octanol–water partition coefficient (Wildman–Crippen LogP) is 11.0. The molecule has 0 aliphatic heterocycles. The zero-order valence-electron chi connectivity index (χ0n) is 33.9. The van der Waals surface area contributed by atoms with Gasteiger partial charge in [-0.1, -0.05) is 218 Å². The first-order chi connectivity index (χ1) is 30.8. The van der Waals surface area contributed by atoms with E-state index in [4.69, 9.17) is 15.0 Å². The minimum atomic E-state index is -2.78. The molecule has 0 amide bonds. The third kappa shape index (κ3) is 6.43. The van der Waals surface area contributed by atoms with Gasteiger partial charge < -0.3 is 4.57 Å². The van der Waals surface area contributed by atoms with Gasteiger partial charge in [-0.2, -0.15) is 0 Å². The molecule has 0 radical (unpaired) electrons. The maximum atomic E-state index is 5.31. The largest absolute Gasteiger partial charge is 0.309 e. The SMILES string of the molecule is c1ccc(-c2nc(-c3ccccc3)nc(-c3cc(-c4cccc([Si](c5ccccc5)(c5ccccc5)c5ccccc5)c4)ccc3-n3c4ccccc4c4ccccc43)n2)cc1. The van der Waals surface area contributed by atoms with Crippen LogP contribution in [0.5, 0.6) is 0 Å². The second-order valence-corrected chi connectivity index (χ2v) is 19.4. The van der Waals surface area contributed by atoms with Gasteiger partial charge in [0.15, 0.2) is 25.5 Å². The fourth-order valence-corrected chi connectivity index (χ4v) is 14.0. The monoisotopic (exact) mass is 808 g/mol. The molecular weight excluding hydrogens is 769 g/mol. The van der Waals surface area contributed by atoms with E-state index in [0.717, 1.165) is 44.5 Å². The van der Waals surface area contributed by atoms with Gasteiger partial charge in [0, 0.05) is 27.5 Å². The lowest BCUT2D eigenvalue weighted by Crippen LogP contribution is -2.74. The van der Waals surface area contributed by atoms with Crippen LogP contribution in [-0.2, 0) is 0 Å². The van der Waals surface area contributed by atoms with Crippen LogP contribution in [-0.4, -0.2) is 27.6 Å². The van der Waals surface area contributed by atoms with Crippen molar-refractivity contribution in [2.24, 2.45) is 0 Å². The lowest BCUT2D eigenvalue weighted by molar-refractivity contribution is 1.06. The number of rotatable bonds is 9. The summed E-state index contributed by atoms with van der Waals surface area (Å²) in [6, 6.07) is 87.0. The Morgan fingerprint density at radius 3 is 1.18 bits per heavy atom. The molecule has 0 spiro atoms. The Labute approximate surface area is 362 Å². The van der Waals surface area contributed by atoms with Crippen molar-refractivity contribution in [3.63, 3.8) is 0 Å². The number of para-hydroxylation sites is 2. The Bertz CT molecular complexity index is 3130. The molecule has 0 bridgehead atoms. The van der Waals surface area contributed by atoms with Crippen molar-refractivity contribution in [2.75, 3.05) is 0 Å². The third-order valence-corrected chi connectivity index (χ3v) is 16.8. The van der Waals surface area contributed by atoms with Gasteiger partial charge in [-0.3, -0.25) is 0 Å². The Kier molecular flexibility index (Phi) is 9.49. The molecule has 9 aromatic carbocycles. The van der Waals surface area contributed by atoms with Gasteiger partial charge in [-0.05, 0) is 56.1 Å². The molecule has 0 fully saturated rings. The molecule has 4 nitrogen and oxygen atoms in total. The Balaban J connectivity index is 1.19. The van der Waals surface area contributed by atoms with Crippen LogP contribution in [0.25, 0.3) is 72.8 Å². The van der Waals surface area contributed by atoms with Crippen LogP contribution in [0.4, 0.5) is 0 Å². The highest BCUT2D eigenvalue weighted by Crippen LogP contribution is 2.38. The highest BCUT2D eigenvalue weighted by molar-refractivity contribution is 7.19. The summed E-state index contributed by atoms with van der Waals surface area (Å²) in [6.45, 7) is 0. The van der Waals surface area contributed by atoms with Gasteiger partial charge in [-0.15, -0.1) is 0 Å². The van der Waals surface area contributed by atoms with Crippen molar-refractivity contribution >= 4 is 50.6 Å². The van der Waals surface area contributed by atoms with Crippen LogP contribution >= 0.6 is 0 Å².